The second-order valence-corrected chi connectivity index (χ2v) is 10.9. The van der Waals surface area contributed by atoms with Crippen LogP contribution in [0.15, 0.2) is 71.2 Å². The Balaban J connectivity index is 1.47. The Morgan fingerprint density at radius 2 is 1.94 bits per heavy atom. The fraction of sp³-hybridized carbons (Fsp3) is 0.296. The summed E-state index contributed by atoms with van der Waals surface area (Å²) in [6.45, 7) is 0.923. The Morgan fingerprint density at radius 1 is 1.17 bits per heavy atom. The Kier molecular flexibility index (Phi) is 5.78. The maximum absolute atomic E-state index is 13.7. The largest absolute Gasteiger partial charge is 0.489 e. The molecule has 1 amide bonds. The smallest absolute Gasteiger partial charge is 0.256 e. The predicted octanol–water partition coefficient (Wildman–Crippen LogP) is 5.74. The molecule has 0 aromatic heterocycles. The number of fused-ring (bicyclic) bond motifs is 4. The number of nitro groups is 1. The van der Waals surface area contributed by atoms with Crippen molar-refractivity contribution in [2.45, 2.75) is 43.0 Å². The molecule has 1 spiro atoms. The minimum absolute atomic E-state index is 0.163. The van der Waals surface area contributed by atoms with Gasteiger partial charge in [-0.15, -0.1) is 0 Å². The van der Waals surface area contributed by atoms with Crippen molar-refractivity contribution in [1.29, 1.82) is 0 Å². The highest BCUT2D eigenvalue weighted by molar-refractivity contribution is 9.10. The molecule has 4 atom stereocenters. The van der Waals surface area contributed by atoms with Crippen LogP contribution in [0.2, 0.25) is 5.02 Å². The molecule has 0 radical (unpaired) electrons. The zero-order chi connectivity index (χ0) is 25.0. The zero-order valence-electron chi connectivity index (χ0n) is 19.2. The van der Waals surface area contributed by atoms with Crippen LogP contribution in [-0.4, -0.2) is 34.4 Å². The number of halogens is 2. The molecule has 3 aromatic carbocycles. The van der Waals surface area contributed by atoms with Gasteiger partial charge in [-0.1, -0.05) is 57.9 Å². The normalized spacial score (nSPS) is 26.6. The molecule has 0 bridgehead atoms. The molecule has 2 saturated heterocycles. The molecule has 36 heavy (non-hydrogen) atoms. The first-order valence-corrected chi connectivity index (χ1v) is 13.1. The summed E-state index contributed by atoms with van der Waals surface area (Å²) in [5, 5.41) is 16.5. The molecular weight excluding hydrogens is 546 g/mol. The Morgan fingerprint density at radius 3 is 2.72 bits per heavy atom. The van der Waals surface area contributed by atoms with Crippen LogP contribution in [0.4, 0.5) is 5.69 Å². The molecule has 3 aliphatic heterocycles. The summed E-state index contributed by atoms with van der Waals surface area (Å²) in [5.41, 5.74) is 1.65. The van der Waals surface area contributed by atoms with Crippen molar-refractivity contribution in [3.05, 3.63) is 103 Å². The van der Waals surface area contributed by atoms with E-state index in [2.05, 4.69) is 26.1 Å². The van der Waals surface area contributed by atoms with E-state index < -0.39 is 17.5 Å². The number of amides is 1. The van der Waals surface area contributed by atoms with Gasteiger partial charge >= 0.3 is 0 Å². The maximum atomic E-state index is 13.7. The molecule has 184 valence electrons. The van der Waals surface area contributed by atoms with E-state index in [1.165, 1.54) is 0 Å². The van der Waals surface area contributed by atoms with Gasteiger partial charge in [-0.05, 0) is 54.8 Å². The van der Waals surface area contributed by atoms with Crippen LogP contribution in [0.1, 0.15) is 35.4 Å². The summed E-state index contributed by atoms with van der Waals surface area (Å²) in [7, 11) is 0. The van der Waals surface area contributed by atoms with E-state index in [1.807, 2.05) is 54.6 Å². The number of hydrogen-bond acceptors (Lipinski definition) is 5. The van der Waals surface area contributed by atoms with Gasteiger partial charge in [0.25, 0.3) is 11.9 Å². The lowest BCUT2D eigenvalue weighted by molar-refractivity contribution is -0.534. The van der Waals surface area contributed by atoms with Crippen LogP contribution < -0.4 is 10.1 Å². The summed E-state index contributed by atoms with van der Waals surface area (Å²) in [6, 6.07) is 19.0. The molecule has 0 aliphatic carbocycles. The number of nitrogens with zero attached hydrogens (tertiary/aromatic N) is 2. The predicted molar refractivity (Wildman–Crippen MR) is 140 cm³/mol. The SMILES string of the molecule is O=C1Nc2ccccc2[C@]12[C@H]([N+](=O)[O-])[C@@H](c1cc(Br)ccc1OCc1ccc(Cl)cc1)[C@H]1CCCN12. The van der Waals surface area contributed by atoms with Crippen molar-refractivity contribution in [2.75, 3.05) is 11.9 Å². The van der Waals surface area contributed by atoms with Gasteiger partial charge in [0.15, 0.2) is 5.54 Å². The minimum atomic E-state index is -1.36. The van der Waals surface area contributed by atoms with Crippen LogP contribution in [0.3, 0.4) is 0 Å². The van der Waals surface area contributed by atoms with E-state index in [4.69, 9.17) is 16.3 Å². The standard InChI is InChI=1S/C27H23BrClN3O4/c28-17-9-12-23(36-15-16-7-10-18(29)11-8-16)19(14-17)24-22-6-3-13-31(22)27(25(24)32(34)35)20-4-1-2-5-21(20)30-26(27)33/h1-2,4-5,7-12,14,22,24-25H,3,6,13,15H2,(H,30,33)/t22-,24+,25-,27+/m1/s1. The van der Waals surface area contributed by atoms with Crippen molar-refractivity contribution in [2.24, 2.45) is 0 Å². The number of rotatable bonds is 5. The van der Waals surface area contributed by atoms with Gasteiger partial charge in [0.05, 0.1) is 5.92 Å². The van der Waals surface area contributed by atoms with Gasteiger partial charge in [0.2, 0.25) is 0 Å². The second-order valence-electron chi connectivity index (χ2n) is 9.52. The van der Waals surface area contributed by atoms with Crippen LogP contribution in [0.25, 0.3) is 0 Å². The number of nitrogens with one attached hydrogen (secondary N) is 1. The van der Waals surface area contributed by atoms with E-state index in [9.17, 15) is 14.9 Å². The molecule has 3 heterocycles. The molecule has 3 aliphatic rings. The third-order valence-electron chi connectivity index (χ3n) is 7.73. The van der Waals surface area contributed by atoms with E-state index in [0.717, 1.165) is 28.4 Å². The highest BCUT2D eigenvalue weighted by atomic mass is 79.9. The van der Waals surface area contributed by atoms with Gasteiger partial charge in [-0.25, -0.2) is 0 Å². The molecule has 7 nitrogen and oxygen atoms in total. The highest BCUT2D eigenvalue weighted by Crippen LogP contribution is 2.59. The van der Waals surface area contributed by atoms with Crippen molar-refractivity contribution in [3.8, 4) is 5.75 Å². The number of carbonyl (C=O) groups is 1. The topological polar surface area (TPSA) is 84.7 Å². The lowest BCUT2D eigenvalue weighted by Gasteiger charge is -2.32. The number of benzene rings is 3. The quantitative estimate of drug-likeness (QED) is 0.314. The van der Waals surface area contributed by atoms with Crippen LogP contribution in [0, 0.1) is 10.1 Å². The summed E-state index contributed by atoms with van der Waals surface area (Å²) in [5.74, 6) is -0.267. The molecule has 1 N–H and O–H groups in total. The fourth-order valence-electron chi connectivity index (χ4n) is 6.40. The van der Waals surface area contributed by atoms with Gasteiger partial charge in [-0.3, -0.25) is 19.8 Å². The van der Waals surface area contributed by atoms with Crippen molar-refractivity contribution in [1.82, 2.24) is 4.90 Å². The molecule has 3 aromatic rings. The first kappa shape index (κ1) is 23.5. The van der Waals surface area contributed by atoms with Gasteiger partial charge in [0.1, 0.15) is 12.4 Å². The maximum Gasteiger partial charge on any atom is 0.256 e. The third-order valence-corrected chi connectivity index (χ3v) is 8.48. The first-order chi connectivity index (χ1) is 17.4. The van der Waals surface area contributed by atoms with Gasteiger partial charge < -0.3 is 10.1 Å². The van der Waals surface area contributed by atoms with Crippen LogP contribution in [-0.2, 0) is 16.9 Å². The first-order valence-electron chi connectivity index (χ1n) is 11.9. The molecule has 2 fully saturated rings. The summed E-state index contributed by atoms with van der Waals surface area (Å²) >= 11 is 9.57. The van der Waals surface area contributed by atoms with Crippen LogP contribution >= 0.6 is 27.5 Å². The number of para-hydroxylation sites is 1. The van der Waals surface area contributed by atoms with Gasteiger partial charge in [-0.2, -0.15) is 0 Å². The molecular formula is C27H23BrClN3O4. The van der Waals surface area contributed by atoms with Crippen molar-refractivity contribution >= 4 is 39.1 Å². The van der Waals surface area contributed by atoms with E-state index >= 15 is 0 Å². The summed E-state index contributed by atoms with van der Waals surface area (Å²) in [6.07, 6.45) is 1.65. The minimum Gasteiger partial charge on any atom is -0.489 e. The summed E-state index contributed by atoms with van der Waals surface area (Å²) < 4.78 is 7.05. The average Bonchev–Trinajstić information content (AvgIpc) is 3.52. The zero-order valence-corrected chi connectivity index (χ0v) is 21.5. The Labute approximate surface area is 221 Å². The fourth-order valence-corrected chi connectivity index (χ4v) is 6.91. The summed E-state index contributed by atoms with van der Waals surface area (Å²) in [4.78, 5) is 28.4. The lowest BCUT2D eigenvalue weighted by Crippen LogP contribution is -2.55. The highest BCUT2D eigenvalue weighted by Gasteiger charge is 2.73. The van der Waals surface area contributed by atoms with Crippen LogP contribution in [0.5, 0.6) is 5.75 Å². The van der Waals surface area contributed by atoms with E-state index in [0.29, 0.717) is 35.2 Å². The number of carbonyl (C=O) groups excluding carboxylic acids is 1. The number of anilines is 1. The van der Waals surface area contributed by atoms with E-state index in [1.54, 1.807) is 12.1 Å². The average molecular weight is 569 g/mol. The van der Waals surface area contributed by atoms with Crippen molar-refractivity contribution < 1.29 is 14.5 Å². The molecule has 9 heteroatoms. The Hall–Kier alpha value is -2.94. The Bertz CT molecular complexity index is 1370. The van der Waals surface area contributed by atoms with Gasteiger partial charge in [0, 0.05) is 43.8 Å². The second kappa shape index (κ2) is 8.87. The third kappa shape index (κ3) is 3.46. The molecule has 6 rings (SSSR count). The number of ether oxygens (including phenoxy) is 1. The van der Waals surface area contributed by atoms with Crippen molar-refractivity contribution in [3.63, 3.8) is 0 Å². The lowest BCUT2D eigenvalue weighted by atomic mass is 9.77. The monoisotopic (exact) mass is 567 g/mol. The molecule has 0 unspecified atom stereocenters. The van der Waals surface area contributed by atoms with E-state index in [-0.39, 0.29) is 16.9 Å². The number of hydrogen-bond donors (Lipinski definition) is 1. The molecule has 0 saturated carbocycles.